The molecule has 1 fully saturated rings. The molecule has 3 heterocycles. The molecule has 0 radical (unpaired) electrons. The molecular formula is C21H22N6O3. The van der Waals surface area contributed by atoms with E-state index in [0.717, 1.165) is 29.9 Å². The van der Waals surface area contributed by atoms with Crippen molar-refractivity contribution in [3.63, 3.8) is 0 Å². The average molecular weight is 406 g/mol. The van der Waals surface area contributed by atoms with E-state index in [0.29, 0.717) is 31.2 Å². The van der Waals surface area contributed by atoms with Gasteiger partial charge in [-0.2, -0.15) is 5.10 Å². The van der Waals surface area contributed by atoms with Crippen molar-refractivity contribution in [1.29, 1.82) is 0 Å². The molecule has 5 rings (SSSR count). The monoisotopic (exact) mass is 406 g/mol. The SMILES string of the molecule is CN1C(=O)C(NC(=O)c2nnc(Cc3ccccc3)o2)CCn2nc(C3CC3)cc21. The van der Waals surface area contributed by atoms with Crippen LogP contribution >= 0.6 is 0 Å². The maximum atomic E-state index is 12.9. The van der Waals surface area contributed by atoms with Crippen LogP contribution in [0, 0.1) is 0 Å². The molecule has 2 aliphatic rings. The van der Waals surface area contributed by atoms with Crippen molar-refractivity contribution in [3.8, 4) is 0 Å². The Balaban J connectivity index is 1.26. The number of amides is 2. The molecule has 1 aliphatic heterocycles. The van der Waals surface area contributed by atoms with Gasteiger partial charge in [-0.15, -0.1) is 10.2 Å². The van der Waals surface area contributed by atoms with Crippen LogP contribution < -0.4 is 10.2 Å². The number of hydrogen-bond acceptors (Lipinski definition) is 6. The van der Waals surface area contributed by atoms with E-state index in [1.54, 1.807) is 11.9 Å². The van der Waals surface area contributed by atoms with Crippen LogP contribution in [0.15, 0.2) is 40.8 Å². The quantitative estimate of drug-likeness (QED) is 0.694. The molecule has 0 bridgehead atoms. The molecule has 9 heteroatoms. The Morgan fingerprint density at radius 3 is 2.77 bits per heavy atom. The summed E-state index contributed by atoms with van der Waals surface area (Å²) in [4.78, 5) is 27.1. The van der Waals surface area contributed by atoms with Crippen molar-refractivity contribution in [2.24, 2.45) is 0 Å². The standard InChI is InChI=1S/C21H22N6O3/c1-26-18-12-16(14-7-8-14)25-27(18)10-9-15(21(26)29)22-19(28)20-24-23-17(30-20)11-13-5-3-2-4-6-13/h2-6,12,14-15H,7-11H2,1H3,(H,22,28). The van der Waals surface area contributed by atoms with Gasteiger partial charge in [-0.1, -0.05) is 30.3 Å². The predicted molar refractivity (Wildman–Crippen MR) is 107 cm³/mol. The molecule has 1 aromatic carbocycles. The van der Waals surface area contributed by atoms with Crippen LogP contribution in [-0.2, 0) is 17.8 Å². The van der Waals surface area contributed by atoms with Crippen molar-refractivity contribution in [2.45, 2.75) is 44.2 Å². The zero-order valence-corrected chi connectivity index (χ0v) is 16.6. The highest BCUT2D eigenvalue weighted by Crippen LogP contribution is 2.40. The molecule has 1 unspecified atom stereocenters. The summed E-state index contributed by atoms with van der Waals surface area (Å²) < 4.78 is 7.35. The number of likely N-dealkylation sites (N-methyl/N-ethyl adjacent to an activating group) is 1. The molecule has 1 atom stereocenters. The topological polar surface area (TPSA) is 106 Å². The summed E-state index contributed by atoms with van der Waals surface area (Å²) in [6, 6.07) is 11.0. The third kappa shape index (κ3) is 3.58. The minimum absolute atomic E-state index is 0.144. The van der Waals surface area contributed by atoms with E-state index in [-0.39, 0.29) is 11.8 Å². The van der Waals surface area contributed by atoms with Crippen LogP contribution in [-0.4, -0.2) is 44.9 Å². The predicted octanol–water partition coefficient (Wildman–Crippen LogP) is 1.90. The molecule has 1 N–H and O–H groups in total. The zero-order valence-electron chi connectivity index (χ0n) is 16.6. The normalized spacial score (nSPS) is 18.8. The fourth-order valence-electron chi connectivity index (χ4n) is 3.70. The van der Waals surface area contributed by atoms with Gasteiger partial charge < -0.3 is 9.73 Å². The van der Waals surface area contributed by atoms with E-state index in [4.69, 9.17) is 4.42 Å². The number of nitrogens with zero attached hydrogens (tertiary/aromatic N) is 5. The van der Waals surface area contributed by atoms with Crippen molar-refractivity contribution in [2.75, 3.05) is 11.9 Å². The second-order valence-corrected chi connectivity index (χ2v) is 7.80. The van der Waals surface area contributed by atoms with Crippen LogP contribution in [0.25, 0.3) is 0 Å². The summed E-state index contributed by atoms with van der Waals surface area (Å²) in [5, 5.41) is 15.2. The molecular weight excluding hydrogens is 384 g/mol. The lowest BCUT2D eigenvalue weighted by molar-refractivity contribution is -0.120. The lowest BCUT2D eigenvalue weighted by atomic mass is 10.1. The van der Waals surface area contributed by atoms with Gasteiger partial charge in [0.15, 0.2) is 0 Å². The lowest BCUT2D eigenvalue weighted by Crippen LogP contribution is -2.46. The highest BCUT2D eigenvalue weighted by Gasteiger charge is 2.34. The molecule has 2 amide bonds. The fraction of sp³-hybridized carbons (Fsp3) is 0.381. The number of aromatic nitrogens is 4. The Bertz CT molecular complexity index is 1090. The Morgan fingerprint density at radius 1 is 1.20 bits per heavy atom. The Kier molecular flexibility index (Phi) is 4.57. The summed E-state index contributed by atoms with van der Waals surface area (Å²) in [6.07, 6.45) is 3.20. The van der Waals surface area contributed by atoms with Gasteiger partial charge in [-0.05, 0) is 24.8 Å². The number of aryl methyl sites for hydroxylation is 1. The first kappa shape index (κ1) is 18.5. The van der Waals surface area contributed by atoms with E-state index in [1.807, 2.05) is 41.1 Å². The number of rotatable bonds is 5. The molecule has 30 heavy (non-hydrogen) atoms. The average Bonchev–Trinajstić information content (AvgIpc) is 3.37. The number of nitrogens with one attached hydrogen (secondary N) is 1. The third-order valence-corrected chi connectivity index (χ3v) is 5.54. The Hall–Kier alpha value is -3.49. The van der Waals surface area contributed by atoms with Crippen LogP contribution in [0.1, 0.15) is 53.0 Å². The van der Waals surface area contributed by atoms with Crippen molar-refractivity contribution >= 4 is 17.6 Å². The van der Waals surface area contributed by atoms with Gasteiger partial charge in [0.25, 0.3) is 5.91 Å². The highest BCUT2D eigenvalue weighted by atomic mass is 16.4. The number of fused-ring (bicyclic) bond motifs is 1. The number of carbonyl (C=O) groups is 2. The maximum Gasteiger partial charge on any atom is 0.309 e. The molecule has 0 saturated heterocycles. The van der Waals surface area contributed by atoms with Crippen LogP contribution in [0.2, 0.25) is 0 Å². The van der Waals surface area contributed by atoms with Gasteiger partial charge in [0.1, 0.15) is 11.9 Å². The first-order valence-electron chi connectivity index (χ1n) is 10.1. The van der Waals surface area contributed by atoms with Crippen molar-refractivity contribution < 1.29 is 14.0 Å². The molecule has 3 aromatic rings. The summed E-state index contributed by atoms with van der Waals surface area (Å²) in [7, 11) is 1.71. The molecule has 9 nitrogen and oxygen atoms in total. The first-order chi connectivity index (χ1) is 14.6. The summed E-state index contributed by atoms with van der Waals surface area (Å²) in [5.41, 5.74) is 2.05. The van der Waals surface area contributed by atoms with Crippen molar-refractivity contribution in [1.82, 2.24) is 25.3 Å². The number of hydrogen-bond donors (Lipinski definition) is 1. The number of benzene rings is 1. The zero-order chi connectivity index (χ0) is 20.7. The molecule has 1 aliphatic carbocycles. The van der Waals surface area contributed by atoms with E-state index >= 15 is 0 Å². The highest BCUT2D eigenvalue weighted by molar-refractivity contribution is 6.00. The second-order valence-electron chi connectivity index (χ2n) is 7.80. The van der Waals surface area contributed by atoms with E-state index < -0.39 is 11.9 Å². The first-order valence-corrected chi connectivity index (χ1v) is 10.1. The minimum atomic E-state index is -0.682. The van der Waals surface area contributed by atoms with Gasteiger partial charge in [0, 0.05) is 25.6 Å². The van der Waals surface area contributed by atoms with Gasteiger partial charge in [0.05, 0.1) is 12.1 Å². The van der Waals surface area contributed by atoms with Crippen LogP contribution in [0.3, 0.4) is 0 Å². The van der Waals surface area contributed by atoms with Crippen LogP contribution in [0.5, 0.6) is 0 Å². The van der Waals surface area contributed by atoms with Gasteiger partial charge in [0.2, 0.25) is 5.89 Å². The fourth-order valence-corrected chi connectivity index (χ4v) is 3.70. The van der Waals surface area contributed by atoms with E-state index in [1.165, 1.54) is 0 Å². The minimum Gasteiger partial charge on any atom is -0.417 e. The lowest BCUT2D eigenvalue weighted by Gasteiger charge is -2.19. The van der Waals surface area contributed by atoms with Gasteiger partial charge >= 0.3 is 11.8 Å². The number of anilines is 1. The van der Waals surface area contributed by atoms with Crippen LogP contribution in [0.4, 0.5) is 5.82 Å². The molecule has 2 aromatic heterocycles. The van der Waals surface area contributed by atoms with Gasteiger partial charge in [-0.3, -0.25) is 14.5 Å². The van der Waals surface area contributed by atoms with Crippen molar-refractivity contribution in [3.05, 3.63) is 59.4 Å². The van der Waals surface area contributed by atoms with Gasteiger partial charge in [-0.25, -0.2) is 4.68 Å². The summed E-state index contributed by atoms with van der Waals surface area (Å²) in [5.74, 6) is 0.755. The Labute approximate surface area is 173 Å². The van der Waals surface area contributed by atoms with E-state index in [9.17, 15) is 9.59 Å². The second kappa shape index (κ2) is 7.40. The summed E-state index contributed by atoms with van der Waals surface area (Å²) in [6.45, 7) is 0.548. The van der Waals surface area contributed by atoms with E-state index in [2.05, 4.69) is 20.6 Å². The maximum absolute atomic E-state index is 12.9. The molecule has 1 saturated carbocycles. The number of carbonyl (C=O) groups excluding carboxylic acids is 2. The molecule has 154 valence electrons. The smallest absolute Gasteiger partial charge is 0.309 e. The largest absolute Gasteiger partial charge is 0.417 e. The third-order valence-electron chi connectivity index (χ3n) is 5.54. The summed E-state index contributed by atoms with van der Waals surface area (Å²) >= 11 is 0. The Morgan fingerprint density at radius 2 is 2.00 bits per heavy atom. The molecule has 0 spiro atoms.